The molecule has 4 nitrogen and oxygen atoms in total. The number of carbonyl (C=O) groups is 2. The Kier molecular flexibility index (Phi) is 5.45. The molecule has 0 spiro atoms. The van der Waals surface area contributed by atoms with E-state index in [1.807, 2.05) is 0 Å². The monoisotopic (exact) mass is 241 g/mol. The molecule has 0 aromatic rings. The Morgan fingerprint density at radius 3 is 2.47 bits per heavy atom. The van der Waals surface area contributed by atoms with Crippen molar-refractivity contribution < 1.29 is 14.7 Å². The first-order chi connectivity index (χ1) is 8.02. The van der Waals surface area contributed by atoms with Gasteiger partial charge in [0.25, 0.3) is 0 Å². The number of aliphatic carboxylic acids is 1. The summed E-state index contributed by atoms with van der Waals surface area (Å²) in [6.07, 6.45) is 7.22. The minimum atomic E-state index is -0.807. The molecule has 1 amide bonds. The second-order valence-corrected chi connectivity index (χ2v) is 5.40. The molecule has 98 valence electrons. The van der Waals surface area contributed by atoms with Crippen molar-refractivity contribution in [3.63, 3.8) is 0 Å². The van der Waals surface area contributed by atoms with Crippen molar-refractivity contribution in [2.75, 3.05) is 6.54 Å². The fraction of sp³-hybridized carbons (Fsp3) is 0.846. The van der Waals surface area contributed by atoms with E-state index in [-0.39, 0.29) is 17.7 Å². The molecule has 0 heterocycles. The SMILES string of the molecule is CC1(CC(=O)NCCCC(=O)O)CCCCC1. The number of hydrogen-bond donors (Lipinski definition) is 2. The fourth-order valence-electron chi connectivity index (χ4n) is 2.50. The van der Waals surface area contributed by atoms with Gasteiger partial charge in [-0.3, -0.25) is 9.59 Å². The number of rotatable bonds is 6. The molecule has 0 atom stereocenters. The van der Waals surface area contributed by atoms with Crippen LogP contribution < -0.4 is 5.32 Å². The third kappa shape index (κ3) is 5.71. The molecule has 4 heteroatoms. The lowest BCUT2D eigenvalue weighted by molar-refractivity contribution is -0.137. The van der Waals surface area contributed by atoms with E-state index in [1.165, 1.54) is 19.3 Å². The summed E-state index contributed by atoms with van der Waals surface area (Å²) in [5, 5.41) is 11.3. The number of nitrogens with one attached hydrogen (secondary N) is 1. The van der Waals surface area contributed by atoms with E-state index in [0.29, 0.717) is 19.4 Å². The highest BCUT2D eigenvalue weighted by molar-refractivity contribution is 5.76. The minimum absolute atomic E-state index is 0.0692. The molecule has 2 N–H and O–H groups in total. The third-order valence-corrected chi connectivity index (χ3v) is 3.54. The van der Waals surface area contributed by atoms with Crippen LogP contribution in [0.4, 0.5) is 0 Å². The van der Waals surface area contributed by atoms with Crippen LogP contribution in [0.3, 0.4) is 0 Å². The molecular formula is C13H23NO3. The van der Waals surface area contributed by atoms with Crippen LogP contribution in [0.1, 0.15) is 58.3 Å². The summed E-state index contributed by atoms with van der Waals surface area (Å²) in [7, 11) is 0. The molecule has 1 saturated carbocycles. The molecule has 0 aromatic carbocycles. The maximum Gasteiger partial charge on any atom is 0.303 e. The Morgan fingerprint density at radius 2 is 1.88 bits per heavy atom. The van der Waals surface area contributed by atoms with Crippen molar-refractivity contribution in [3.8, 4) is 0 Å². The zero-order valence-electron chi connectivity index (χ0n) is 10.6. The van der Waals surface area contributed by atoms with Gasteiger partial charge in [0, 0.05) is 19.4 Å². The van der Waals surface area contributed by atoms with Gasteiger partial charge < -0.3 is 10.4 Å². The molecule has 1 aliphatic carbocycles. The molecule has 0 aliphatic heterocycles. The number of hydrogen-bond acceptors (Lipinski definition) is 2. The Labute approximate surface area is 103 Å². The number of carboxylic acids is 1. The molecule has 0 saturated heterocycles. The highest BCUT2D eigenvalue weighted by Gasteiger charge is 2.29. The zero-order valence-corrected chi connectivity index (χ0v) is 10.6. The Balaban J connectivity index is 2.17. The normalized spacial score (nSPS) is 18.6. The van der Waals surface area contributed by atoms with E-state index in [4.69, 9.17) is 5.11 Å². The Bertz CT molecular complexity index is 270. The first-order valence-electron chi connectivity index (χ1n) is 6.50. The van der Waals surface area contributed by atoms with Gasteiger partial charge in [0.1, 0.15) is 0 Å². The van der Waals surface area contributed by atoms with Gasteiger partial charge in [-0.25, -0.2) is 0 Å². The van der Waals surface area contributed by atoms with Gasteiger partial charge in [-0.15, -0.1) is 0 Å². The molecule has 17 heavy (non-hydrogen) atoms. The van der Waals surface area contributed by atoms with Gasteiger partial charge in [-0.2, -0.15) is 0 Å². The summed E-state index contributed by atoms with van der Waals surface area (Å²) in [6.45, 7) is 2.66. The third-order valence-electron chi connectivity index (χ3n) is 3.54. The summed E-state index contributed by atoms with van der Waals surface area (Å²) >= 11 is 0. The lowest BCUT2D eigenvalue weighted by Gasteiger charge is -2.32. The van der Waals surface area contributed by atoms with Gasteiger partial charge in [0.15, 0.2) is 0 Å². The van der Waals surface area contributed by atoms with Gasteiger partial charge in [0.05, 0.1) is 0 Å². The van der Waals surface area contributed by atoms with Crippen molar-refractivity contribution >= 4 is 11.9 Å². The van der Waals surface area contributed by atoms with Gasteiger partial charge in [0.2, 0.25) is 5.91 Å². The molecule has 1 aliphatic rings. The standard InChI is InChI=1S/C13H23NO3/c1-13(7-3-2-4-8-13)10-11(15)14-9-5-6-12(16)17/h2-10H2,1H3,(H,14,15)(H,16,17). The topological polar surface area (TPSA) is 66.4 Å². The van der Waals surface area contributed by atoms with Gasteiger partial charge in [-0.1, -0.05) is 26.2 Å². The van der Waals surface area contributed by atoms with Gasteiger partial charge in [-0.05, 0) is 24.7 Å². The molecule has 0 radical (unpaired) electrons. The first-order valence-corrected chi connectivity index (χ1v) is 6.50. The van der Waals surface area contributed by atoms with Crippen LogP contribution in [0.25, 0.3) is 0 Å². The lowest BCUT2D eigenvalue weighted by Crippen LogP contribution is -2.32. The van der Waals surface area contributed by atoms with Crippen LogP contribution in [0.5, 0.6) is 0 Å². The smallest absolute Gasteiger partial charge is 0.303 e. The maximum absolute atomic E-state index is 11.7. The molecule has 0 aromatic heterocycles. The molecule has 0 unspecified atom stereocenters. The van der Waals surface area contributed by atoms with Crippen LogP contribution in [0, 0.1) is 5.41 Å². The van der Waals surface area contributed by atoms with Gasteiger partial charge >= 0.3 is 5.97 Å². The Hall–Kier alpha value is -1.06. The van der Waals surface area contributed by atoms with Crippen LogP contribution in [0.15, 0.2) is 0 Å². The summed E-state index contributed by atoms with van der Waals surface area (Å²) < 4.78 is 0. The zero-order chi connectivity index (χ0) is 12.7. The summed E-state index contributed by atoms with van der Waals surface area (Å²) in [5.74, 6) is -0.738. The predicted octanol–water partition coefficient (Wildman–Crippen LogP) is 2.33. The number of carbonyl (C=O) groups excluding carboxylic acids is 1. The van der Waals surface area contributed by atoms with E-state index in [9.17, 15) is 9.59 Å². The van der Waals surface area contributed by atoms with Crippen LogP contribution >= 0.6 is 0 Å². The predicted molar refractivity (Wildman–Crippen MR) is 65.7 cm³/mol. The van der Waals surface area contributed by atoms with E-state index >= 15 is 0 Å². The van der Waals surface area contributed by atoms with Crippen LogP contribution in [-0.4, -0.2) is 23.5 Å². The molecule has 1 fully saturated rings. The van der Waals surface area contributed by atoms with Crippen molar-refractivity contribution in [3.05, 3.63) is 0 Å². The van der Waals surface area contributed by atoms with Crippen LogP contribution in [-0.2, 0) is 9.59 Å². The largest absolute Gasteiger partial charge is 0.481 e. The molecule has 1 rings (SSSR count). The van der Waals surface area contributed by atoms with Crippen molar-refractivity contribution in [2.24, 2.45) is 5.41 Å². The first kappa shape index (κ1) is 14.0. The van der Waals surface area contributed by atoms with Crippen molar-refractivity contribution in [1.82, 2.24) is 5.32 Å². The van der Waals surface area contributed by atoms with E-state index < -0.39 is 5.97 Å². The second kappa shape index (κ2) is 6.62. The maximum atomic E-state index is 11.7. The lowest BCUT2D eigenvalue weighted by atomic mass is 9.73. The fourth-order valence-corrected chi connectivity index (χ4v) is 2.50. The highest BCUT2D eigenvalue weighted by Crippen LogP contribution is 2.38. The summed E-state index contributed by atoms with van der Waals surface area (Å²) in [6, 6.07) is 0. The average Bonchev–Trinajstić information content (AvgIpc) is 2.24. The van der Waals surface area contributed by atoms with E-state index in [0.717, 1.165) is 12.8 Å². The number of carboxylic acid groups (broad SMARTS) is 1. The van der Waals surface area contributed by atoms with Crippen molar-refractivity contribution in [2.45, 2.75) is 58.3 Å². The van der Waals surface area contributed by atoms with Crippen molar-refractivity contribution in [1.29, 1.82) is 0 Å². The minimum Gasteiger partial charge on any atom is -0.481 e. The quantitative estimate of drug-likeness (QED) is 0.701. The second-order valence-electron chi connectivity index (χ2n) is 5.40. The molecule has 0 bridgehead atoms. The Morgan fingerprint density at radius 1 is 1.24 bits per heavy atom. The van der Waals surface area contributed by atoms with Crippen LogP contribution in [0.2, 0.25) is 0 Å². The summed E-state index contributed by atoms with van der Waals surface area (Å²) in [4.78, 5) is 22.0. The number of amides is 1. The van der Waals surface area contributed by atoms with E-state index in [1.54, 1.807) is 0 Å². The molecular weight excluding hydrogens is 218 g/mol. The van der Waals surface area contributed by atoms with E-state index in [2.05, 4.69) is 12.2 Å². The highest BCUT2D eigenvalue weighted by atomic mass is 16.4. The average molecular weight is 241 g/mol. The summed E-state index contributed by atoms with van der Waals surface area (Å²) in [5.41, 5.74) is 0.162.